The first-order valence-corrected chi connectivity index (χ1v) is 4.80. The molecule has 0 nitrogen and oxygen atoms in total. The molecule has 1 heterocycles. The van der Waals surface area contributed by atoms with E-state index in [9.17, 15) is 0 Å². The molecule has 0 unspecified atom stereocenters. The number of thiophene rings is 1. The van der Waals surface area contributed by atoms with Crippen molar-refractivity contribution in [3.63, 3.8) is 0 Å². The molecule has 1 aromatic heterocycles. The van der Waals surface area contributed by atoms with E-state index in [0.717, 1.165) is 4.21 Å². The average molecular weight is 184 g/mol. The summed E-state index contributed by atoms with van der Waals surface area (Å²) >= 11 is 6.10. The summed E-state index contributed by atoms with van der Waals surface area (Å²) in [5.74, 6) is 0. The van der Waals surface area contributed by atoms with E-state index in [-0.39, 0.29) is 0 Å². The largest absolute Gasteiger partial charge is 0.134 e. The molecule has 1 aromatic rings. The Hall–Kier alpha value is -0.210. The molecule has 0 aromatic carbocycles. The molecule has 0 atom stereocenters. The summed E-state index contributed by atoms with van der Waals surface area (Å²) < 4.78 is 1.11. The predicted molar refractivity (Wildman–Crippen MR) is 55.6 cm³/mol. The lowest BCUT2D eigenvalue weighted by Gasteiger charge is -1.89. The predicted octanol–water partition coefficient (Wildman–Crippen LogP) is 3.77. The molecule has 0 radical (unpaired) electrons. The molecule has 0 aliphatic rings. The Balaban J connectivity index is 3.04. The van der Waals surface area contributed by atoms with Crippen LogP contribution >= 0.6 is 24.0 Å². The molecule has 0 N–H and O–H groups in total. The molecular weight excluding hydrogens is 172 g/mol. The standard InChI is InChI=1S/C9H12S2/c1-6(2)4-8-5-7(3)11-9(8)10/h4-5,10H,1-3H3. The summed E-state index contributed by atoms with van der Waals surface area (Å²) in [6, 6.07) is 2.17. The third-order valence-electron chi connectivity index (χ3n) is 1.31. The van der Waals surface area contributed by atoms with Gasteiger partial charge in [-0.25, -0.2) is 0 Å². The van der Waals surface area contributed by atoms with Gasteiger partial charge in [0.15, 0.2) is 0 Å². The lowest BCUT2D eigenvalue weighted by atomic mass is 10.2. The number of rotatable bonds is 1. The second kappa shape index (κ2) is 3.46. The van der Waals surface area contributed by atoms with Crippen LogP contribution in [-0.2, 0) is 0 Å². The van der Waals surface area contributed by atoms with Crippen molar-refractivity contribution >= 4 is 30.0 Å². The van der Waals surface area contributed by atoms with E-state index in [1.165, 1.54) is 16.0 Å². The van der Waals surface area contributed by atoms with Crippen LogP contribution in [0.25, 0.3) is 6.08 Å². The smallest absolute Gasteiger partial charge is 0.0643 e. The van der Waals surface area contributed by atoms with E-state index in [4.69, 9.17) is 0 Å². The summed E-state index contributed by atoms with van der Waals surface area (Å²) in [7, 11) is 0. The maximum Gasteiger partial charge on any atom is 0.0643 e. The molecular formula is C9H12S2. The monoisotopic (exact) mass is 184 g/mol. The lowest BCUT2D eigenvalue weighted by Crippen LogP contribution is -1.67. The molecule has 0 aliphatic carbocycles. The van der Waals surface area contributed by atoms with E-state index >= 15 is 0 Å². The fourth-order valence-corrected chi connectivity index (χ4v) is 2.22. The van der Waals surface area contributed by atoms with Crippen LogP contribution in [0.15, 0.2) is 15.8 Å². The first-order valence-electron chi connectivity index (χ1n) is 3.54. The number of thiol groups is 1. The molecule has 0 fully saturated rings. The highest BCUT2D eigenvalue weighted by Gasteiger charge is 1.99. The van der Waals surface area contributed by atoms with Crippen molar-refractivity contribution in [3.8, 4) is 0 Å². The van der Waals surface area contributed by atoms with Crippen molar-refractivity contribution < 1.29 is 0 Å². The maximum atomic E-state index is 4.37. The van der Waals surface area contributed by atoms with Gasteiger partial charge in [-0.2, -0.15) is 0 Å². The summed E-state index contributed by atoms with van der Waals surface area (Å²) in [5, 5.41) is 0. The SMILES string of the molecule is CC(C)=Cc1cc(C)sc1S. The van der Waals surface area contributed by atoms with Gasteiger partial charge in [0.25, 0.3) is 0 Å². The first kappa shape index (κ1) is 8.88. The van der Waals surface area contributed by atoms with Crippen LogP contribution in [0.1, 0.15) is 24.3 Å². The molecule has 0 amide bonds. The van der Waals surface area contributed by atoms with Crippen molar-refractivity contribution in [3.05, 3.63) is 22.1 Å². The Morgan fingerprint density at radius 2 is 2.18 bits per heavy atom. The minimum atomic E-state index is 1.11. The van der Waals surface area contributed by atoms with Crippen LogP contribution in [-0.4, -0.2) is 0 Å². The van der Waals surface area contributed by atoms with Crippen molar-refractivity contribution in [2.75, 3.05) is 0 Å². The molecule has 11 heavy (non-hydrogen) atoms. The molecule has 0 saturated heterocycles. The van der Waals surface area contributed by atoms with Gasteiger partial charge >= 0.3 is 0 Å². The van der Waals surface area contributed by atoms with Crippen molar-refractivity contribution in [1.29, 1.82) is 0 Å². The summed E-state index contributed by atoms with van der Waals surface area (Å²) in [4.78, 5) is 1.32. The summed E-state index contributed by atoms with van der Waals surface area (Å²) in [6.07, 6.45) is 2.16. The highest BCUT2D eigenvalue weighted by Crippen LogP contribution is 2.26. The molecule has 0 spiro atoms. The van der Waals surface area contributed by atoms with Crippen LogP contribution in [0.3, 0.4) is 0 Å². The van der Waals surface area contributed by atoms with Gasteiger partial charge in [-0.15, -0.1) is 24.0 Å². The Labute approximate surface area is 77.4 Å². The maximum absolute atomic E-state index is 4.37. The fourth-order valence-electron chi connectivity index (χ4n) is 0.936. The Morgan fingerprint density at radius 1 is 1.55 bits per heavy atom. The second-order valence-corrected chi connectivity index (χ2v) is 4.85. The highest BCUT2D eigenvalue weighted by molar-refractivity contribution is 7.83. The number of aryl methyl sites for hydroxylation is 1. The van der Waals surface area contributed by atoms with Gasteiger partial charge in [0, 0.05) is 4.88 Å². The molecule has 0 aliphatic heterocycles. The van der Waals surface area contributed by atoms with Gasteiger partial charge in [-0.1, -0.05) is 11.6 Å². The first-order chi connectivity index (χ1) is 5.09. The van der Waals surface area contributed by atoms with E-state index < -0.39 is 0 Å². The molecule has 0 bridgehead atoms. The normalized spacial score (nSPS) is 9.82. The minimum absolute atomic E-state index is 1.11. The highest BCUT2D eigenvalue weighted by atomic mass is 32.2. The zero-order chi connectivity index (χ0) is 8.43. The van der Waals surface area contributed by atoms with Crippen LogP contribution in [0.5, 0.6) is 0 Å². The minimum Gasteiger partial charge on any atom is -0.134 e. The van der Waals surface area contributed by atoms with Gasteiger partial charge in [0.05, 0.1) is 4.21 Å². The number of hydrogen-bond donors (Lipinski definition) is 1. The van der Waals surface area contributed by atoms with Crippen LogP contribution in [0.4, 0.5) is 0 Å². The summed E-state index contributed by atoms with van der Waals surface area (Å²) in [5.41, 5.74) is 2.56. The van der Waals surface area contributed by atoms with Gasteiger partial charge in [0.2, 0.25) is 0 Å². The van der Waals surface area contributed by atoms with Gasteiger partial charge in [0.1, 0.15) is 0 Å². The molecule has 60 valence electrons. The topological polar surface area (TPSA) is 0 Å². The number of hydrogen-bond acceptors (Lipinski definition) is 2. The van der Waals surface area contributed by atoms with Crippen molar-refractivity contribution in [2.45, 2.75) is 25.0 Å². The fraction of sp³-hybridized carbons (Fsp3) is 0.333. The van der Waals surface area contributed by atoms with E-state index in [1.807, 2.05) is 0 Å². The third-order valence-corrected chi connectivity index (χ3v) is 2.71. The van der Waals surface area contributed by atoms with Crippen LogP contribution < -0.4 is 0 Å². The van der Waals surface area contributed by atoms with Crippen molar-refractivity contribution in [2.24, 2.45) is 0 Å². The molecule has 2 heteroatoms. The van der Waals surface area contributed by atoms with Crippen molar-refractivity contribution in [1.82, 2.24) is 0 Å². The lowest BCUT2D eigenvalue weighted by molar-refractivity contribution is 1.41. The van der Waals surface area contributed by atoms with Crippen LogP contribution in [0.2, 0.25) is 0 Å². The van der Waals surface area contributed by atoms with Gasteiger partial charge in [-0.3, -0.25) is 0 Å². The Bertz CT molecular complexity index is 278. The molecule has 0 saturated carbocycles. The third kappa shape index (κ3) is 2.38. The summed E-state index contributed by atoms with van der Waals surface area (Å²) in [6.45, 7) is 6.30. The van der Waals surface area contributed by atoms with E-state index in [1.54, 1.807) is 11.3 Å². The van der Waals surface area contributed by atoms with Gasteiger partial charge < -0.3 is 0 Å². The van der Waals surface area contributed by atoms with E-state index in [2.05, 4.69) is 45.5 Å². The zero-order valence-corrected chi connectivity index (χ0v) is 8.72. The average Bonchev–Trinajstić information content (AvgIpc) is 2.09. The van der Waals surface area contributed by atoms with E-state index in [0.29, 0.717) is 0 Å². The second-order valence-electron chi connectivity index (χ2n) is 2.84. The Kier molecular flexibility index (Phi) is 2.79. The van der Waals surface area contributed by atoms with Gasteiger partial charge in [-0.05, 0) is 32.4 Å². The number of allylic oxidation sites excluding steroid dienone is 1. The quantitative estimate of drug-likeness (QED) is 0.631. The molecule has 1 rings (SSSR count). The Morgan fingerprint density at radius 3 is 2.55 bits per heavy atom. The zero-order valence-electron chi connectivity index (χ0n) is 7.01. The van der Waals surface area contributed by atoms with Crippen LogP contribution in [0, 0.1) is 6.92 Å².